The summed E-state index contributed by atoms with van der Waals surface area (Å²) in [6, 6.07) is 0. The van der Waals surface area contributed by atoms with Crippen LogP contribution in [0.2, 0.25) is 0 Å². The van der Waals surface area contributed by atoms with Gasteiger partial charge < -0.3 is 10.1 Å². The van der Waals surface area contributed by atoms with Gasteiger partial charge in [0.2, 0.25) is 5.91 Å². The van der Waals surface area contributed by atoms with Crippen molar-refractivity contribution in [3.05, 3.63) is 0 Å². The average molecular weight is 271 g/mol. The number of ether oxygens (including phenoxy) is 1. The van der Waals surface area contributed by atoms with Gasteiger partial charge in [0.15, 0.2) is 0 Å². The smallest absolute Gasteiger partial charge is 0.431 e. The number of hydrazine groups is 1. The number of hydrogen-bond acceptors (Lipinski definition) is 5. The van der Waals surface area contributed by atoms with Crippen LogP contribution in [0.5, 0.6) is 0 Å². The van der Waals surface area contributed by atoms with Crippen molar-refractivity contribution in [3.63, 3.8) is 0 Å². The molecule has 1 aliphatic rings. The number of carbonyl (C=O) groups is 2. The minimum absolute atomic E-state index is 0.292. The van der Waals surface area contributed by atoms with E-state index in [1.54, 1.807) is 20.8 Å². The quantitative estimate of drug-likeness (QED) is 0.460. The zero-order valence-electron chi connectivity index (χ0n) is 12.1. The molecule has 0 unspecified atom stereocenters. The Labute approximate surface area is 114 Å². The minimum Gasteiger partial charge on any atom is -0.442 e. The van der Waals surface area contributed by atoms with E-state index >= 15 is 0 Å². The number of piperidine rings is 1. The van der Waals surface area contributed by atoms with E-state index in [1.807, 2.05) is 0 Å². The van der Waals surface area contributed by atoms with Gasteiger partial charge in [0.05, 0.1) is 0 Å². The summed E-state index contributed by atoms with van der Waals surface area (Å²) in [4.78, 5) is 23.4. The van der Waals surface area contributed by atoms with Crippen molar-refractivity contribution in [2.24, 2.45) is 11.8 Å². The molecule has 1 aliphatic heterocycles. The molecule has 1 saturated heterocycles. The molecule has 0 radical (unpaired) electrons. The molecule has 2 amide bonds. The molecule has 0 spiro atoms. The highest BCUT2D eigenvalue weighted by Gasteiger charge is 2.25. The van der Waals surface area contributed by atoms with Crippen LogP contribution in [0.15, 0.2) is 0 Å². The highest BCUT2D eigenvalue weighted by Crippen LogP contribution is 2.18. The molecule has 6 nitrogen and oxygen atoms in total. The van der Waals surface area contributed by atoms with Crippen LogP contribution >= 0.6 is 0 Å². The molecule has 110 valence electrons. The van der Waals surface area contributed by atoms with Crippen molar-refractivity contribution in [1.82, 2.24) is 10.3 Å². The number of carbonyl (C=O) groups excluding carboxylic acids is 2. The topological polar surface area (TPSA) is 84.7 Å². The second kappa shape index (κ2) is 6.86. The molecule has 19 heavy (non-hydrogen) atoms. The Morgan fingerprint density at radius 2 is 1.89 bits per heavy atom. The lowest BCUT2D eigenvalue weighted by Crippen LogP contribution is -2.45. The third kappa shape index (κ3) is 6.02. The van der Waals surface area contributed by atoms with Crippen LogP contribution in [0.1, 0.15) is 46.5 Å². The van der Waals surface area contributed by atoms with Gasteiger partial charge in [0.25, 0.3) is 0 Å². The Bertz CT molecular complexity index is 320. The fraction of sp³-hybridized carbons (Fsp3) is 0.846. The number of nitrogens with one attached hydrogen (secondary N) is 1. The van der Waals surface area contributed by atoms with Crippen LogP contribution in [-0.2, 0) is 9.53 Å². The predicted octanol–water partition coefficient (Wildman–Crippen LogP) is 1.40. The lowest BCUT2D eigenvalue weighted by Gasteiger charge is -2.25. The van der Waals surface area contributed by atoms with Crippen LogP contribution in [0, 0.1) is 5.92 Å². The second-order valence-corrected chi connectivity index (χ2v) is 5.98. The molecule has 3 N–H and O–H groups in total. The molecule has 0 bridgehead atoms. The first-order chi connectivity index (χ1) is 8.79. The van der Waals surface area contributed by atoms with Gasteiger partial charge in [-0.25, -0.2) is 10.6 Å². The fourth-order valence-corrected chi connectivity index (χ4v) is 2.03. The Kier molecular flexibility index (Phi) is 5.75. The van der Waals surface area contributed by atoms with Gasteiger partial charge in [0.1, 0.15) is 5.60 Å². The molecule has 0 aromatic carbocycles. The molecule has 0 aromatic rings. The molecule has 0 saturated carbocycles. The number of hydrogen-bond donors (Lipinski definition) is 2. The van der Waals surface area contributed by atoms with Gasteiger partial charge >= 0.3 is 6.09 Å². The van der Waals surface area contributed by atoms with E-state index in [9.17, 15) is 9.59 Å². The van der Waals surface area contributed by atoms with Crippen LogP contribution in [0.25, 0.3) is 0 Å². The summed E-state index contributed by atoms with van der Waals surface area (Å²) >= 11 is 0. The summed E-state index contributed by atoms with van der Waals surface area (Å²) < 4.78 is 5.04. The maximum atomic E-state index is 11.8. The molecule has 1 heterocycles. The maximum Gasteiger partial charge on any atom is 0.431 e. The summed E-state index contributed by atoms with van der Waals surface area (Å²) in [6.07, 6.45) is 2.43. The van der Waals surface area contributed by atoms with Crippen molar-refractivity contribution in [3.8, 4) is 0 Å². The van der Waals surface area contributed by atoms with E-state index in [1.165, 1.54) is 0 Å². The molecule has 0 atom stereocenters. The summed E-state index contributed by atoms with van der Waals surface area (Å²) in [5.74, 6) is 5.64. The van der Waals surface area contributed by atoms with Crippen molar-refractivity contribution >= 4 is 12.0 Å². The highest BCUT2D eigenvalue weighted by molar-refractivity contribution is 5.91. The number of imide groups is 1. The fourth-order valence-electron chi connectivity index (χ4n) is 2.03. The molecule has 0 aromatic heterocycles. The first-order valence-electron chi connectivity index (χ1n) is 6.81. The zero-order valence-corrected chi connectivity index (χ0v) is 12.1. The summed E-state index contributed by atoms with van der Waals surface area (Å²) in [7, 11) is 0. The average Bonchev–Trinajstić information content (AvgIpc) is 2.34. The maximum absolute atomic E-state index is 11.8. The SMILES string of the molecule is CC(C)(C)OC(=O)N(N)C(=O)CCC1CCNCC1. The van der Waals surface area contributed by atoms with E-state index in [-0.39, 0.29) is 5.91 Å². The molecule has 0 aliphatic carbocycles. The molecule has 6 heteroatoms. The monoisotopic (exact) mass is 271 g/mol. The first-order valence-corrected chi connectivity index (χ1v) is 6.81. The van der Waals surface area contributed by atoms with E-state index in [4.69, 9.17) is 10.6 Å². The van der Waals surface area contributed by atoms with Crippen LogP contribution < -0.4 is 11.2 Å². The highest BCUT2D eigenvalue weighted by atomic mass is 16.6. The molecular formula is C13H25N3O3. The third-order valence-electron chi connectivity index (χ3n) is 3.08. The van der Waals surface area contributed by atoms with E-state index in [0.717, 1.165) is 32.4 Å². The minimum atomic E-state index is -0.789. The van der Waals surface area contributed by atoms with E-state index < -0.39 is 11.7 Å². The van der Waals surface area contributed by atoms with Gasteiger partial charge in [0, 0.05) is 6.42 Å². The number of rotatable bonds is 3. The number of amides is 2. The van der Waals surface area contributed by atoms with Crippen molar-refractivity contribution in [1.29, 1.82) is 0 Å². The Hall–Kier alpha value is -1.14. The first kappa shape index (κ1) is 15.9. The second-order valence-electron chi connectivity index (χ2n) is 5.98. The normalized spacial score (nSPS) is 17.1. The standard InChI is InChI=1S/C13H25N3O3/c1-13(2,3)19-12(18)16(14)11(17)5-4-10-6-8-15-9-7-10/h10,15H,4-9,14H2,1-3H3. The van der Waals surface area contributed by atoms with Crippen molar-refractivity contribution < 1.29 is 14.3 Å². The van der Waals surface area contributed by atoms with E-state index in [0.29, 0.717) is 17.3 Å². The van der Waals surface area contributed by atoms with Gasteiger partial charge in [-0.15, -0.1) is 0 Å². The van der Waals surface area contributed by atoms with Gasteiger partial charge in [-0.3, -0.25) is 4.79 Å². The summed E-state index contributed by atoms with van der Waals surface area (Å²) in [5, 5.41) is 3.86. The van der Waals surface area contributed by atoms with Gasteiger partial charge in [-0.2, -0.15) is 5.01 Å². The largest absolute Gasteiger partial charge is 0.442 e. The lowest BCUT2D eigenvalue weighted by molar-refractivity contribution is -0.131. The summed E-state index contributed by atoms with van der Waals surface area (Å²) in [5.41, 5.74) is -0.649. The molecule has 1 rings (SSSR count). The van der Waals surface area contributed by atoms with Crippen molar-refractivity contribution in [2.45, 2.75) is 52.1 Å². The van der Waals surface area contributed by atoms with Crippen LogP contribution in [0.3, 0.4) is 0 Å². The van der Waals surface area contributed by atoms with Crippen molar-refractivity contribution in [2.75, 3.05) is 13.1 Å². The van der Waals surface area contributed by atoms with Crippen LogP contribution in [-0.4, -0.2) is 35.7 Å². The van der Waals surface area contributed by atoms with Gasteiger partial charge in [-0.05, 0) is 59.0 Å². The zero-order chi connectivity index (χ0) is 14.5. The lowest BCUT2D eigenvalue weighted by atomic mass is 9.93. The van der Waals surface area contributed by atoms with E-state index in [2.05, 4.69) is 5.32 Å². The number of nitrogens with zero attached hydrogens (tertiary/aromatic N) is 1. The Balaban J connectivity index is 2.33. The Morgan fingerprint density at radius 3 is 2.42 bits per heavy atom. The van der Waals surface area contributed by atoms with Gasteiger partial charge in [-0.1, -0.05) is 0 Å². The molecular weight excluding hydrogens is 246 g/mol. The third-order valence-corrected chi connectivity index (χ3v) is 3.08. The molecule has 1 fully saturated rings. The predicted molar refractivity (Wildman–Crippen MR) is 72.1 cm³/mol. The Morgan fingerprint density at radius 1 is 1.32 bits per heavy atom. The summed E-state index contributed by atoms with van der Waals surface area (Å²) in [6.45, 7) is 7.20. The number of nitrogens with two attached hydrogens (primary N) is 1. The van der Waals surface area contributed by atoms with Crippen LogP contribution in [0.4, 0.5) is 4.79 Å².